The summed E-state index contributed by atoms with van der Waals surface area (Å²) in [5, 5.41) is 0.0765. The molecule has 0 unspecified atom stereocenters. The first-order chi connectivity index (χ1) is 8.59. The maximum absolute atomic E-state index is 13.8. The van der Waals surface area contributed by atoms with Crippen LogP contribution in [0.15, 0.2) is 17.0 Å². The van der Waals surface area contributed by atoms with Gasteiger partial charge in [0.15, 0.2) is 5.82 Å². The Morgan fingerprint density at radius 1 is 1.42 bits per heavy atom. The van der Waals surface area contributed by atoms with Gasteiger partial charge in [0.05, 0.1) is 5.69 Å². The molecule has 0 radical (unpaired) electrons. The van der Waals surface area contributed by atoms with Crippen molar-refractivity contribution in [3.8, 4) is 0 Å². The highest BCUT2D eigenvalue weighted by Crippen LogP contribution is 2.26. The molecule has 0 amide bonds. The largest absolute Gasteiger partial charge is 0.396 e. The Morgan fingerprint density at radius 3 is 2.53 bits per heavy atom. The van der Waals surface area contributed by atoms with Crippen molar-refractivity contribution < 1.29 is 12.8 Å². The van der Waals surface area contributed by atoms with Crippen molar-refractivity contribution in [3.05, 3.63) is 23.0 Å². The van der Waals surface area contributed by atoms with Gasteiger partial charge >= 0.3 is 0 Å². The average molecular weight is 309 g/mol. The molecule has 1 rings (SSSR count). The van der Waals surface area contributed by atoms with E-state index in [1.54, 1.807) is 13.8 Å². The summed E-state index contributed by atoms with van der Waals surface area (Å²) in [6.07, 6.45) is 1.43. The van der Waals surface area contributed by atoms with Crippen molar-refractivity contribution in [2.45, 2.75) is 44.0 Å². The summed E-state index contributed by atoms with van der Waals surface area (Å²) < 4.78 is 40.7. The van der Waals surface area contributed by atoms with E-state index >= 15 is 0 Å². The van der Waals surface area contributed by atoms with Gasteiger partial charge in [-0.15, -0.1) is 0 Å². The molecule has 0 aromatic heterocycles. The summed E-state index contributed by atoms with van der Waals surface area (Å²) >= 11 is 5.72. The Hall–Kier alpha value is -0.850. The molecule has 7 heteroatoms. The van der Waals surface area contributed by atoms with E-state index < -0.39 is 26.3 Å². The van der Waals surface area contributed by atoms with Gasteiger partial charge in [-0.1, -0.05) is 24.9 Å². The minimum Gasteiger partial charge on any atom is -0.396 e. The van der Waals surface area contributed by atoms with Gasteiger partial charge in [-0.25, -0.2) is 17.5 Å². The predicted octanol–water partition coefficient (Wildman–Crippen LogP) is 2.92. The topological polar surface area (TPSA) is 72.2 Å². The second-order valence-corrected chi connectivity index (χ2v) is 7.13. The third kappa shape index (κ3) is 4.06. The maximum atomic E-state index is 13.8. The van der Waals surface area contributed by atoms with Gasteiger partial charge in [0, 0.05) is 10.6 Å². The number of nitrogens with two attached hydrogens (primary N) is 1. The molecule has 0 bridgehead atoms. The Balaban J connectivity index is 3.22. The zero-order chi connectivity index (χ0) is 14.8. The number of benzene rings is 1. The quantitative estimate of drug-likeness (QED) is 0.821. The molecule has 0 atom stereocenters. The number of hydrogen-bond acceptors (Lipinski definition) is 3. The van der Waals surface area contributed by atoms with E-state index in [2.05, 4.69) is 4.72 Å². The van der Waals surface area contributed by atoms with Crippen molar-refractivity contribution >= 4 is 27.3 Å². The first-order valence-corrected chi connectivity index (χ1v) is 7.73. The third-order valence-electron chi connectivity index (χ3n) is 2.61. The molecule has 19 heavy (non-hydrogen) atoms. The molecule has 0 aliphatic rings. The van der Waals surface area contributed by atoms with Crippen LogP contribution in [-0.4, -0.2) is 14.0 Å². The van der Waals surface area contributed by atoms with E-state index in [0.29, 0.717) is 6.42 Å². The van der Waals surface area contributed by atoms with Gasteiger partial charge in [-0.05, 0) is 32.4 Å². The van der Waals surface area contributed by atoms with Crippen molar-refractivity contribution in [2.24, 2.45) is 0 Å². The summed E-state index contributed by atoms with van der Waals surface area (Å²) in [4.78, 5) is -0.526. The third-order valence-corrected chi connectivity index (χ3v) is 4.52. The lowest BCUT2D eigenvalue weighted by Gasteiger charge is -2.25. The first-order valence-electron chi connectivity index (χ1n) is 5.87. The Bertz CT molecular complexity index is 573. The Labute approximate surface area is 118 Å². The summed E-state index contributed by atoms with van der Waals surface area (Å²) in [7, 11) is -4.01. The molecule has 0 saturated carbocycles. The first kappa shape index (κ1) is 16.2. The summed E-state index contributed by atoms with van der Waals surface area (Å²) in [6, 6.07) is 2.23. The molecule has 0 fully saturated rings. The molecule has 0 spiro atoms. The number of nitrogens with one attached hydrogen (secondary N) is 1. The number of sulfonamides is 1. The predicted molar refractivity (Wildman–Crippen MR) is 75.1 cm³/mol. The smallest absolute Gasteiger partial charge is 0.244 e. The van der Waals surface area contributed by atoms with Crippen LogP contribution in [-0.2, 0) is 10.0 Å². The van der Waals surface area contributed by atoms with E-state index in [4.69, 9.17) is 17.3 Å². The Morgan fingerprint density at radius 2 is 2.00 bits per heavy atom. The molecule has 0 heterocycles. The van der Waals surface area contributed by atoms with Crippen LogP contribution in [0.4, 0.5) is 10.1 Å². The molecular formula is C12H18ClFN2O2S. The summed E-state index contributed by atoms with van der Waals surface area (Å²) in [5.74, 6) is -0.982. The van der Waals surface area contributed by atoms with Crippen molar-refractivity contribution in [1.29, 1.82) is 0 Å². The van der Waals surface area contributed by atoms with Crippen molar-refractivity contribution in [2.75, 3.05) is 5.73 Å². The van der Waals surface area contributed by atoms with Gasteiger partial charge in [0.2, 0.25) is 10.0 Å². The lowest BCUT2D eigenvalue weighted by atomic mass is 10.0. The maximum Gasteiger partial charge on any atom is 0.244 e. The molecule has 4 nitrogen and oxygen atoms in total. The highest BCUT2D eigenvalue weighted by molar-refractivity contribution is 7.89. The fourth-order valence-corrected chi connectivity index (χ4v) is 3.74. The molecule has 0 aliphatic carbocycles. The second kappa shape index (κ2) is 5.64. The Kier molecular flexibility index (Phi) is 4.81. The minimum atomic E-state index is -4.01. The highest BCUT2D eigenvalue weighted by Gasteiger charge is 2.28. The van der Waals surface area contributed by atoms with Crippen molar-refractivity contribution in [1.82, 2.24) is 4.72 Å². The fraction of sp³-hybridized carbons (Fsp3) is 0.500. The zero-order valence-corrected chi connectivity index (χ0v) is 12.7. The van der Waals surface area contributed by atoms with E-state index in [1.807, 2.05) is 6.92 Å². The molecule has 3 N–H and O–H groups in total. The van der Waals surface area contributed by atoms with E-state index in [9.17, 15) is 12.8 Å². The molecular weight excluding hydrogens is 291 g/mol. The highest BCUT2D eigenvalue weighted by atomic mass is 35.5. The van der Waals surface area contributed by atoms with Gasteiger partial charge < -0.3 is 5.73 Å². The zero-order valence-electron chi connectivity index (χ0n) is 11.1. The monoisotopic (exact) mass is 308 g/mol. The number of rotatable bonds is 5. The summed E-state index contributed by atoms with van der Waals surface area (Å²) in [5.41, 5.74) is 4.43. The average Bonchev–Trinajstić information content (AvgIpc) is 2.21. The van der Waals surface area contributed by atoms with Gasteiger partial charge in [0.25, 0.3) is 0 Å². The van der Waals surface area contributed by atoms with E-state index in [0.717, 1.165) is 12.5 Å². The number of hydrogen-bond donors (Lipinski definition) is 2. The van der Waals surface area contributed by atoms with Crippen LogP contribution < -0.4 is 10.5 Å². The molecule has 1 aromatic rings. The van der Waals surface area contributed by atoms with Crippen LogP contribution in [0.2, 0.25) is 5.02 Å². The van der Waals surface area contributed by atoms with Crippen LogP contribution >= 0.6 is 11.6 Å². The molecule has 1 aromatic carbocycles. The summed E-state index contributed by atoms with van der Waals surface area (Å²) in [6.45, 7) is 5.41. The lowest BCUT2D eigenvalue weighted by molar-refractivity contribution is 0.416. The van der Waals surface area contributed by atoms with Gasteiger partial charge in [-0.3, -0.25) is 0 Å². The minimum absolute atomic E-state index is 0.0765. The lowest BCUT2D eigenvalue weighted by Crippen LogP contribution is -2.43. The van der Waals surface area contributed by atoms with E-state index in [1.165, 1.54) is 6.07 Å². The fourth-order valence-electron chi connectivity index (χ4n) is 1.87. The van der Waals surface area contributed by atoms with Crippen molar-refractivity contribution in [3.63, 3.8) is 0 Å². The van der Waals surface area contributed by atoms with Crippen LogP contribution in [0.5, 0.6) is 0 Å². The number of halogens is 2. The van der Waals surface area contributed by atoms with E-state index in [-0.39, 0.29) is 10.7 Å². The second-order valence-electron chi connectivity index (χ2n) is 5.05. The normalized spacial score (nSPS) is 12.7. The van der Waals surface area contributed by atoms with Crippen LogP contribution in [0.3, 0.4) is 0 Å². The van der Waals surface area contributed by atoms with Gasteiger partial charge in [0.1, 0.15) is 4.90 Å². The molecule has 108 valence electrons. The SMILES string of the molecule is CCCC(C)(C)NS(=O)(=O)c1cc(Cl)cc(N)c1F. The standard InChI is InChI=1S/C12H18ClFN2O2S/c1-4-5-12(2,3)16-19(17,18)10-7-8(13)6-9(15)11(10)14/h6-7,16H,4-5,15H2,1-3H3. The number of nitrogen functional groups attached to an aromatic ring is 1. The van der Waals surface area contributed by atoms with Gasteiger partial charge in [-0.2, -0.15) is 0 Å². The van der Waals surface area contributed by atoms with Crippen LogP contribution in [0, 0.1) is 5.82 Å². The van der Waals surface area contributed by atoms with Crippen LogP contribution in [0.1, 0.15) is 33.6 Å². The number of anilines is 1. The van der Waals surface area contributed by atoms with Crippen LogP contribution in [0.25, 0.3) is 0 Å². The molecule has 0 aliphatic heterocycles. The molecule has 0 saturated heterocycles.